The average molecular weight is 413 g/mol. The zero-order valence-corrected chi connectivity index (χ0v) is 17.0. The molecule has 1 saturated heterocycles. The largest absolute Gasteiger partial charge is 0.480 e. The fraction of sp³-hybridized carbons (Fsp3) is 0.429. The summed E-state index contributed by atoms with van der Waals surface area (Å²) in [7, 11) is 1.92. The molecule has 1 aliphatic heterocycles. The quantitative estimate of drug-likeness (QED) is 0.590. The van der Waals surface area contributed by atoms with Crippen LogP contribution >= 0.6 is 0 Å². The van der Waals surface area contributed by atoms with E-state index < -0.39 is 18.1 Å². The van der Waals surface area contributed by atoms with Crippen LogP contribution in [0, 0.1) is 5.92 Å². The molecule has 0 spiro atoms. The van der Waals surface area contributed by atoms with Crippen molar-refractivity contribution in [3.05, 3.63) is 52.7 Å². The highest BCUT2D eigenvalue weighted by Crippen LogP contribution is 2.24. The summed E-state index contributed by atoms with van der Waals surface area (Å²) in [5.74, 6) is -1.46. The Hall–Kier alpha value is -3.20. The van der Waals surface area contributed by atoms with Gasteiger partial charge in [-0.05, 0) is 50.6 Å². The van der Waals surface area contributed by atoms with Crippen molar-refractivity contribution >= 4 is 23.3 Å². The molecular formula is C21H27N5O4. The Morgan fingerprint density at radius 1 is 1.30 bits per heavy atom. The number of nitrogens with zero attached hydrogens (tertiary/aromatic N) is 3. The minimum Gasteiger partial charge on any atom is -0.480 e. The Morgan fingerprint density at radius 2 is 2.13 bits per heavy atom. The second kappa shape index (κ2) is 10.0. The van der Waals surface area contributed by atoms with E-state index >= 15 is 0 Å². The maximum atomic E-state index is 12.8. The summed E-state index contributed by atoms with van der Waals surface area (Å²) in [6, 6.07) is 4.87. The van der Waals surface area contributed by atoms with E-state index in [2.05, 4.69) is 26.6 Å². The lowest BCUT2D eigenvalue weighted by molar-refractivity contribution is -0.137. The molecule has 1 aliphatic rings. The van der Waals surface area contributed by atoms with Crippen molar-refractivity contribution in [2.45, 2.75) is 25.8 Å². The number of nitrogens with one attached hydrogen (secondary N) is 2. The van der Waals surface area contributed by atoms with Gasteiger partial charge >= 0.3 is 5.97 Å². The number of carboxylic acid groups (broad SMARTS) is 1. The van der Waals surface area contributed by atoms with E-state index in [0.717, 1.165) is 48.2 Å². The maximum Gasteiger partial charge on any atom is 0.323 e. The predicted octanol–water partition coefficient (Wildman–Crippen LogP) is 0.945. The Kier molecular flexibility index (Phi) is 7.18. The second-order valence-corrected chi connectivity index (χ2v) is 7.46. The number of pyridine rings is 2. The van der Waals surface area contributed by atoms with E-state index in [1.807, 2.05) is 19.4 Å². The first kappa shape index (κ1) is 21.5. The Morgan fingerprint density at radius 3 is 2.90 bits per heavy atom. The van der Waals surface area contributed by atoms with Gasteiger partial charge in [0.2, 0.25) is 5.91 Å². The van der Waals surface area contributed by atoms with Gasteiger partial charge in [-0.1, -0.05) is 0 Å². The molecule has 0 aromatic carbocycles. The van der Waals surface area contributed by atoms with Crippen molar-refractivity contribution in [3.8, 4) is 0 Å². The second-order valence-electron chi connectivity index (χ2n) is 7.46. The predicted molar refractivity (Wildman–Crippen MR) is 114 cm³/mol. The van der Waals surface area contributed by atoms with E-state index in [4.69, 9.17) is 5.11 Å². The third kappa shape index (κ3) is 5.66. The first-order chi connectivity index (χ1) is 14.5. The molecule has 9 nitrogen and oxygen atoms in total. The van der Waals surface area contributed by atoms with Gasteiger partial charge in [-0.25, -0.2) is 0 Å². The molecule has 3 N–H and O–H groups in total. The number of carbonyl (C=O) groups is 2. The Bertz CT molecular complexity index is 958. The summed E-state index contributed by atoms with van der Waals surface area (Å²) in [6.45, 7) is 1.87. The number of piperidine rings is 1. The monoisotopic (exact) mass is 413 g/mol. The normalized spacial score (nSPS) is 16.3. The lowest BCUT2D eigenvalue weighted by atomic mass is 9.96. The van der Waals surface area contributed by atoms with Crippen LogP contribution in [0.5, 0.6) is 0 Å². The summed E-state index contributed by atoms with van der Waals surface area (Å²) in [5, 5.41) is 14.9. The molecule has 2 aromatic rings. The van der Waals surface area contributed by atoms with Crippen LogP contribution in [0.2, 0.25) is 0 Å². The number of amides is 1. The first-order valence-corrected chi connectivity index (χ1v) is 10.0. The van der Waals surface area contributed by atoms with Gasteiger partial charge < -0.3 is 25.2 Å². The van der Waals surface area contributed by atoms with E-state index in [1.54, 1.807) is 0 Å². The summed E-state index contributed by atoms with van der Waals surface area (Å²) in [5.41, 5.74) is 2.14. The molecule has 1 unspecified atom stereocenters. The van der Waals surface area contributed by atoms with Crippen LogP contribution < -0.4 is 21.1 Å². The van der Waals surface area contributed by atoms with Crippen LogP contribution in [0.4, 0.5) is 11.4 Å². The van der Waals surface area contributed by atoms with Crippen LogP contribution in [0.3, 0.4) is 0 Å². The van der Waals surface area contributed by atoms with Crippen LogP contribution in [0.15, 0.2) is 41.6 Å². The number of aromatic nitrogens is 2. The summed E-state index contributed by atoms with van der Waals surface area (Å²) in [4.78, 5) is 42.0. The number of rotatable bonds is 8. The SMILES string of the molecule is CNCCc1cncc(N2CCCC(C(=O)Nc3ccc(=O)n(CC(=O)O)c3)C2)c1. The molecule has 3 heterocycles. The molecule has 1 atom stereocenters. The van der Waals surface area contributed by atoms with Crippen molar-refractivity contribution in [1.82, 2.24) is 14.9 Å². The van der Waals surface area contributed by atoms with Gasteiger partial charge in [0.1, 0.15) is 6.54 Å². The van der Waals surface area contributed by atoms with Crippen molar-refractivity contribution in [1.29, 1.82) is 0 Å². The van der Waals surface area contributed by atoms with Crippen molar-refractivity contribution in [2.75, 3.05) is 36.9 Å². The van der Waals surface area contributed by atoms with Gasteiger partial charge in [0.05, 0.1) is 23.5 Å². The van der Waals surface area contributed by atoms with Crippen LogP contribution in [0.25, 0.3) is 0 Å². The van der Waals surface area contributed by atoms with E-state index in [0.29, 0.717) is 12.2 Å². The van der Waals surface area contributed by atoms with Gasteiger partial charge in [0.15, 0.2) is 0 Å². The number of aliphatic carboxylic acids is 1. The molecule has 9 heteroatoms. The van der Waals surface area contributed by atoms with Crippen LogP contribution in [-0.2, 0) is 22.6 Å². The van der Waals surface area contributed by atoms with Gasteiger partial charge in [-0.15, -0.1) is 0 Å². The highest BCUT2D eigenvalue weighted by Gasteiger charge is 2.26. The molecule has 0 radical (unpaired) electrons. The molecule has 2 aromatic heterocycles. The zero-order valence-electron chi connectivity index (χ0n) is 17.0. The molecule has 3 rings (SSSR count). The molecule has 0 aliphatic carbocycles. The molecule has 0 saturated carbocycles. The number of anilines is 2. The summed E-state index contributed by atoms with van der Waals surface area (Å²) >= 11 is 0. The number of likely N-dealkylation sites (N-methyl/N-ethyl adjacent to an activating group) is 1. The molecular weight excluding hydrogens is 386 g/mol. The third-order valence-corrected chi connectivity index (χ3v) is 5.16. The van der Waals surface area contributed by atoms with Crippen molar-refractivity contribution < 1.29 is 14.7 Å². The van der Waals surface area contributed by atoms with Crippen LogP contribution in [0.1, 0.15) is 18.4 Å². The maximum absolute atomic E-state index is 12.8. The third-order valence-electron chi connectivity index (χ3n) is 5.16. The van der Waals surface area contributed by atoms with E-state index in [1.165, 1.54) is 18.3 Å². The smallest absolute Gasteiger partial charge is 0.323 e. The molecule has 0 bridgehead atoms. The van der Waals surface area contributed by atoms with Gasteiger partial charge in [-0.2, -0.15) is 0 Å². The number of carboxylic acids is 1. The molecule has 1 amide bonds. The number of hydrogen-bond donors (Lipinski definition) is 3. The Balaban J connectivity index is 1.66. The minimum atomic E-state index is -1.12. The lowest BCUT2D eigenvalue weighted by Gasteiger charge is -2.33. The van der Waals surface area contributed by atoms with Crippen molar-refractivity contribution in [3.63, 3.8) is 0 Å². The average Bonchev–Trinajstić information content (AvgIpc) is 2.74. The van der Waals surface area contributed by atoms with Crippen LogP contribution in [-0.4, -0.2) is 53.2 Å². The molecule has 1 fully saturated rings. The molecule has 160 valence electrons. The number of hydrogen-bond acceptors (Lipinski definition) is 6. The van der Waals surface area contributed by atoms with Gasteiger partial charge in [0, 0.05) is 31.5 Å². The van der Waals surface area contributed by atoms with Gasteiger partial charge in [-0.3, -0.25) is 19.4 Å². The first-order valence-electron chi connectivity index (χ1n) is 10.0. The van der Waals surface area contributed by atoms with Crippen molar-refractivity contribution in [2.24, 2.45) is 5.92 Å². The van der Waals surface area contributed by atoms with Gasteiger partial charge in [0.25, 0.3) is 5.56 Å². The fourth-order valence-corrected chi connectivity index (χ4v) is 3.60. The number of carbonyl (C=O) groups excluding carboxylic acids is 1. The zero-order chi connectivity index (χ0) is 21.5. The Labute approximate surface area is 174 Å². The van der Waals surface area contributed by atoms with E-state index in [-0.39, 0.29) is 11.8 Å². The van der Waals surface area contributed by atoms with E-state index in [9.17, 15) is 14.4 Å². The fourth-order valence-electron chi connectivity index (χ4n) is 3.60. The summed E-state index contributed by atoms with van der Waals surface area (Å²) in [6.07, 6.45) is 7.60. The highest BCUT2D eigenvalue weighted by molar-refractivity contribution is 5.93. The minimum absolute atomic E-state index is 0.139. The standard InChI is InChI=1S/C21H27N5O4/c1-22-7-6-15-9-18(11-23-10-15)25-8-2-3-16(12-25)21(30)24-17-4-5-19(27)26(13-17)14-20(28)29/h4-5,9-11,13,16,22H,2-3,6-8,12,14H2,1H3,(H,24,30)(H,28,29). The summed E-state index contributed by atoms with van der Waals surface area (Å²) < 4.78 is 1.06. The highest BCUT2D eigenvalue weighted by atomic mass is 16.4. The topological polar surface area (TPSA) is 117 Å². The molecule has 30 heavy (non-hydrogen) atoms. The lowest BCUT2D eigenvalue weighted by Crippen LogP contribution is -2.41.